The van der Waals surface area contributed by atoms with Crippen LogP contribution in [0.25, 0.3) is 23.3 Å². The van der Waals surface area contributed by atoms with Crippen LogP contribution in [0.4, 0.5) is 0 Å². The minimum Gasteiger partial charge on any atom is -0.0622 e. The number of allylic oxidation sites excluding steroid dienone is 2. The van der Waals surface area contributed by atoms with Crippen LogP contribution in [0.15, 0.2) is 115 Å². The van der Waals surface area contributed by atoms with E-state index in [0.717, 1.165) is 12.8 Å². The summed E-state index contributed by atoms with van der Waals surface area (Å²) in [5, 5.41) is 0. The van der Waals surface area contributed by atoms with Gasteiger partial charge < -0.3 is 0 Å². The number of rotatable bonds is 7. The molecule has 0 radical (unpaired) electrons. The SMILES string of the molecule is CCc1cc(Cc2ccccc2)ccc1C=CC=Cc1ccc(-c2ccccc2)cc1. The third-order valence-electron chi connectivity index (χ3n) is 5.53. The fraction of sp³-hybridized carbons (Fsp3) is 0.0968. The summed E-state index contributed by atoms with van der Waals surface area (Å²) >= 11 is 0. The van der Waals surface area contributed by atoms with Gasteiger partial charge in [-0.1, -0.05) is 134 Å². The molecule has 0 atom stereocenters. The van der Waals surface area contributed by atoms with Crippen molar-refractivity contribution in [2.75, 3.05) is 0 Å². The smallest absolute Gasteiger partial charge is 0.00257 e. The molecule has 31 heavy (non-hydrogen) atoms. The summed E-state index contributed by atoms with van der Waals surface area (Å²) in [6.45, 7) is 2.23. The van der Waals surface area contributed by atoms with Gasteiger partial charge >= 0.3 is 0 Å². The second-order valence-electron chi connectivity index (χ2n) is 7.76. The van der Waals surface area contributed by atoms with Crippen molar-refractivity contribution in [3.8, 4) is 11.1 Å². The molecule has 0 unspecified atom stereocenters. The molecule has 0 heterocycles. The van der Waals surface area contributed by atoms with Crippen molar-refractivity contribution in [1.82, 2.24) is 0 Å². The maximum atomic E-state index is 2.35. The van der Waals surface area contributed by atoms with Gasteiger partial charge in [0.1, 0.15) is 0 Å². The van der Waals surface area contributed by atoms with E-state index in [2.05, 4.69) is 128 Å². The van der Waals surface area contributed by atoms with Gasteiger partial charge in [-0.05, 0) is 51.8 Å². The first-order chi connectivity index (χ1) is 15.3. The molecule has 0 nitrogen and oxygen atoms in total. The van der Waals surface area contributed by atoms with Crippen LogP contribution in [0.5, 0.6) is 0 Å². The van der Waals surface area contributed by atoms with Crippen LogP contribution in [-0.2, 0) is 12.8 Å². The predicted octanol–water partition coefficient (Wildman–Crippen LogP) is 8.23. The molecule has 0 saturated carbocycles. The number of aryl methyl sites for hydroxylation is 1. The molecule has 0 N–H and O–H groups in total. The normalized spacial score (nSPS) is 11.4. The van der Waals surface area contributed by atoms with Crippen LogP contribution in [0.1, 0.15) is 34.7 Å². The third-order valence-corrected chi connectivity index (χ3v) is 5.53. The Hall–Kier alpha value is -3.64. The quantitative estimate of drug-likeness (QED) is 0.274. The lowest BCUT2D eigenvalue weighted by Crippen LogP contribution is -1.92. The van der Waals surface area contributed by atoms with Gasteiger partial charge in [-0.3, -0.25) is 0 Å². The molecule has 0 heteroatoms. The molecule has 0 aliphatic heterocycles. The Labute approximate surface area is 186 Å². The van der Waals surface area contributed by atoms with Crippen LogP contribution in [0.2, 0.25) is 0 Å². The van der Waals surface area contributed by atoms with Gasteiger partial charge in [-0.15, -0.1) is 0 Å². The minimum absolute atomic E-state index is 0.983. The largest absolute Gasteiger partial charge is 0.0622 e. The summed E-state index contributed by atoms with van der Waals surface area (Å²) < 4.78 is 0. The molecule has 0 saturated heterocycles. The van der Waals surface area contributed by atoms with Crippen LogP contribution in [0.3, 0.4) is 0 Å². The van der Waals surface area contributed by atoms with E-state index in [1.807, 2.05) is 6.07 Å². The molecule has 4 rings (SSSR count). The monoisotopic (exact) mass is 400 g/mol. The van der Waals surface area contributed by atoms with Gasteiger partial charge in [0.25, 0.3) is 0 Å². The lowest BCUT2D eigenvalue weighted by molar-refractivity contribution is 1.10. The molecule has 152 valence electrons. The highest BCUT2D eigenvalue weighted by Gasteiger charge is 2.01. The van der Waals surface area contributed by atoms with E-state index in [4.69, 9.17) is 0 Å². The first-order valence-corrected chi connectivity index (χ1v) is 11.0. The van der Waals surface area contributed by atoms with Gasteiger partial charge in [0, 0.05) is 0 Å². The maximum absolute atomic E-state index is 2.35. The molecular weight excluding hydrogens is 372 g/mol. The van der Waals surface area contributed by atoms with Gasteiger partial charge in [0.05, 0.1) is 0 Å². The Morgan fingerprint density at radius 3 is 1.94 bits per heavy atom. The Kier molecular flexibility index (Phi) is 6.92. The summed E-state index contributed by atoms with van der Waals surface area (Å²) in [5.41, 5.74) is 9.12. The molecule has 0 spiro atoms. The highest BCUT2D eigenvalue weighted by Crippen LogP contribution is 2.20. The van der Waals surface area contributed by atoms with Crippen molar-refractivity contribution in [1.29, 1.82) is 0 Å². The first-order valence-electron chi connectivity index (χ1n) is 11.0. The molecule has 0 aliphatic rings. The van der Waals surface area contributed by atoms with Crippen LogP contribution in [-0.4, -0.2) is 0 Å². The first kappa shape index (κ1) is 20.6. The van der Waals surface area contributed by atoms with Crippen molar-refractivity contribution in [3.63, 3.8) is 0 Å². The summed E-state index contributed by atoms with van der Waals surface area (Å²) in [6.07, 6.45) is 10.6. The summed E-state index contributed by atoms with van der Waals surface area (Å²) in [5.74, 6) is 0. The van der Waals surface area contributed by atoms with E-state index in [1.54, 1.807) is 0 Å². The Morgan fingerprint density at radius 2 is 1.23 bits per heavy atom. The van der Waals surface area contributed by atoms with Crippen LogP contribution >= 0.6 is 0 Å². The molecule has 0 aliphatic carbocycles. The van der Waals surface area contributed by atoms with Crippen molar-refractivity contribution in [2.24, 2.45) is 0 Å². The zero-order valence-electron chi connectivity index (χ0n) is 18.0. The molecule has 4 aromatic rings. The molecule has 0 amide bonds. The Morgan fingerprint density at radius 1 is 0.581 bits per heavy atom. The van der Waals surface area contributed by atoms with Crippen molar-refractivity contribution in [2.45, 2.75) is 19.8 Å². The molecule has 0 bridgehead atoms. The van der Waals surface area contributed by atoms with E-state index in [9.17, 15) is 0 Å². The zero-order chi connectivity index (χ0) is 21.3. The van der Waals surface area contributed by atoms with E-state index in [-0.39, 0.29) is 0 Å². The fourth-order valence-electron chi connectivity index (χ4n) is 3.81. The lowest BCUT2D eigenvalue weighted by atomic mass is 9.97. The van der Waals surface area contributed by atoms with Crippen LogP contribution < -0.4 is 0 Å². The van der Waals surface area contributed by atoms with Crippen molar-refractivity contribution >= 4 is 12.2 Å². The average Bonchev–Trinajstić information content (AvgIpc) is 2.84. The van der Waals surface area contributed by atoms with Gasteiger partial charge in [0.15, 0.2) is 0 Å². The number of hydrogen-bond donors (Lipinski definition) is 0. The summed E-state index contributed by atoms with van der Waals surface area (Å²) in [6, 6.07) is 36.7. The highest BCUT2D eigenvalue weighted by molar-refractivity contribution is 5.66. The third kappa shape index (κ3) is 5.71. The van der Waals surface area contributed by atoms with Gasteiger partial charge in [0.2, 0.25) is 0 Å². The number of hydrogen-bond acceptors (Lipinski definition) is 0. The zero-order valence-corrected chi connectivity index (χ0v) is 18.0. The molecule has 0 fully saturated rings. The molecule has 0 aromatic heterocycles. The van der Waals surface area contributed by atoms with Gasteiger partial charge in [-0.2, -0.15) is 0 Å². The minimum atomic E-state index is 0.983. The van der Waals surface area contributed by atoms with Crippen molar-refractivity contribution < 1.29 is 0 Å². The fourth-order valence-corrected chi connectivity index (χ4v) is 3.81. The lowest BCUT2D eigenvalue weighted by Gasteiger charge is -2.08. The van der Waals surface area contributed by atoms with Crippen LogP contribution in [0, 0.1) is 0 Å². The topological polar surface area (TPSA) is 0 Å². The molecule has 4 aromatic carbocycles. The predicted molar refractivity (Wildman–Crippen MR) is 135 cm³/mol. The molecular formula is C31H28. The Balaban J connectivity index is 1.41. The van der Waals surface area contributed by atoms with E-state index < -0.39 is 0 Å². The second kappa shape index (κ2) is 10.4. The van der Waals surface area contributed by atoms with E-state index in [1.165, 1.54) is 38.9 Å². The number of benzene rings is 4. The van der Waals surface area contributed by atoms with E-state index >= 15 is 0 Å². The maximum Gasteiger partial charge on any atom is -0.00257 e. The average molecular weight is 401 g/mol. The van der Waals surface area contributed by atoms with E-state index in [0.29, 0.717) is 0 Å². The second-order valence-corrected chi connectivity index (χ2v) is 7.76. The van der Waals surface area contributed by atoms with Gasteiger partial charge in [-0.25, -0.2) is 0 Å². The summed E-state index contributed by atoms with van der Waals surface area (Å²) in [7, 11) is 0. The highest BCUT2D eigenvalue weighted by atomic mass is 14.1. The standard InChI is InChI=1S/C31H28/c1-2-28-24-27(23-26-12-5-3-6-13-26)19-22-30(28)16-10-9-11-25-17-20-31(21-18-25)29-14-7-4-8-15-29/h3-22,24H,2,23H2,1H3. The summed E-state index contributed by atoms with van der Waals surface area (Å²) in [4.78, 5) is 0. The Bertz CT molecular complexity index is 1150. The van der Waals surface area contributed by atoms with Crippen molar-refractivity contribution in [3.05, 3.63) is 143 Å².